The molecule has 0 amide bonds. The number of nitrogens with zero attached hydrogens (tertiary/aromatic N) is 3. The molecule has 1 heterocycles. The molecule has 2 N–H and O–H groups in total. The van der Waals surface area contributed by atoms with Gasteiger partial charge in [-0.05, 0) is 47.5 Å². The second-order valence-electron chi connectivity index (χ2n) is 7.91. The molecule has 186 valence electrons. The topological polar surface area (TPSA) is 101 Å². The van der Waals surface area contributed by atoms with E-state index in [1.807, 2.05) is 0 Å². The van der Waals surface area contributed by atoms with Crippen LogP contribution in [0.5, 0.6) is 5.75 Å². The number of halogens is 4. The maximum atomic E-state index is 13.9. The van der Waals surface area contributed by atoms with Crippen LogP contribution in [-0.4, -0.2) is 25.4 Å². The molecule has 0 fully saturated rings. The van der Waals surface area contributed by atoms with E-state index in [2.05, 4.69) is 20.3 Å². The predicted octanol–water partition coefficient (Wildman–Crippen LogP) is 5.59. The molecular formula is C24H19F4N5O2S. The fourth-order valence-electron chi connectivity index (χ4n) is 3.33. The van der Waals surface area contributed by atoms with Crippen LogP contribution in [-0.2, 0) is 22.1 Å². The van der Waals surface area contributed by atoms with Gasteiger partial charge in [0.15, 0.2) is 23.3 Å². The highest BCUT2D eigenvalue weighted by molar-refractivity contribution is 7.90. The summed E-state index contributed by atoms with van der Waals surface area (Å²) in [5.74, 6) is -4.60. The van der Waals surface area contributed by atoms with Gasteiger partial charge in [0, 0.05) is 27.7 Å². The second kappa shape index (κ2) is 10.3. The summed E-state index contributed by atoms with van der Waals surface area (Å²) in [7, 11) is -2.72. The van der Waals surface area contributed by atoms with Gasteiger partial charge in [-0.15, -0.1) is 0 Å². The maximum Gasteiger partial charge on any atom is 0.230 e. The first-order valence-corrected chi connectivity index (χ1v) is 12.5. The lowest BCUT2D eigenvalue weighted by Gasteiger charge is -2.12. The summed E-state index contributed by atoms with van der Waals surface area (Å²) in [6.45, 7) is -0.371. The standard InChI is InChI=1S/C24H19F4N5O2S/c1-36(29,34)12-14-3-2-4-17(7-14)32-24-31-13-30-23(33-24)18-6-5-16(25)10-21(18)35-11-15-8-19(26)22(28)20(27)9-15/h2-10,13,29H,11-12H2,1H3,(H,30,31,32,33). The molecule has 0 aliphatic rings. The largest absolute Gasteiger partial charge is 0.488 e. The highest BCUT2D eigenvalue weighted by atomic mass is 32.2. The summed E-state index contributed by atoms with van der Waals surface area (Å²) in [6, 6.07) is 12.1. The Bertz CT molecular complexity index is 1510. The minimum atomic E-state index is -2.72. The zero-order valence-electron chi connectivity index (χ0n) is 18.8. The summed E-state index contributed by atoms with van der Waals surface area (Å²) < 4.78 is 79.2. The van der Waals surface area contributed by atoms with Gasteiger partial charge in [0.25, 0.3) is 0 Å². The highest BCUT2D eigenvalue weighted by Crippen LogP contribution is 2.30. The minimum absolute atomic E-state index is 0.00295. The molecule has 4 rings (SSSR count). The van der Waals surface area contributed by atoms with Gasteiger partial charge < -0.3 is 10.1 Å². The van der Waals surface area contributed by atoms with E-state index in [-0.39, 0.29) is 41.0 Å². The zero-order chi connectivity index (χ0) is 25.9. The van der Waals surface area contributed by atoms with E-state index < -0.39 is 33.0 Å². The van der Waals surface area contributed by atoms with E-state index in [0.717, 1.165) is 18.2 Å². The number of benzene rings is 3. The molecule has 4 aromatic rings. The van der Waals surface area contributed by atoms with E-state index in [1.54, 1.807) is 24.3 Å². The van der Waals surface area contributed by atoms with Crippen LogP contribution in [0, 0.1) is 28.0 Å². The van der Waals surface area contributed by atoms with Gasteiger partial charge in [-0.25, -0.2) is 31.7 Å². The quantitative estimate of drug-likeness (QED) is 0.233. The number of nitrogens with one attached hydrogen (secondary N) is 2. The Morgan fingerprint density at radius 3 is 2.44 bits per heavy atom. The van der Waals surface area contributed by atoms with Crippen molar-refractivity contribution in [1.29, 1.82) is 4.78 Å². The molecule has 1 aromatic heterocycles. The van der Waals surface area contributed by atoms with Crippen LogP contribution in [0.25, 0.3) is 11.4 Å². The van der Waals surface area contributed by atoms with E-state index >= 15 is 0 Å². The molecule has 3 aromatic carbocycles. The van der Waals surface area contributed by atoms with Crippen LogP contribution in [0.2, 0.25) is 0 Å². The Balaban J connectivity index is 1.58. The summed E-state index contributed by atoms with van der Waals surface area (Å²) >= 11 is 0. The van der Waals surface area contributed by atoms with Crippen LogP contribution in [0.15, 0.2) is 60.9 Å². The smallest absolute Gasteiger partial charge is 0.230 e. The molecule has 0 aliphatic heterocycles. The minimum Gasteiger partial charge on any atom is -0.488 e. The second-order valence-corrected chi connectivity index (χ2v) is 10.2. The number of anilines is 2. The fraction of sp³-hybridized carbons (Fsp3) is 0.125. The first-order valence-electron chi connectivity index (χ1n) is 10.4. The molecule has 0 radical (unpaired) electrons. The van der Waals surface area contributed by atoms with Gasteiger partial charge in [-0.2, -0.15) is 4.98 Å². The number of hydrogen-bond acceptors (Lipinski definition) is 7. The van der Waals surface area contributed by atoms with Crippen molar-refractivity contribution >= 4 is 21.4 Å². The van der Waals surface area contributed by atoms with Crippen molar-refractivity contribution in [3.63, 3.8) is 0 Å². The first kappa shape index (κ1) is 25.0. The van der Waals surface area contributed by atoms with E-state index in [0.29, 0.717) is 11.3 Å². The summed E-state index contributed by atoms with van der Waals surface area (Å²) in [5.41, 5.74) is 1.56. The average molecular weight is 518 g/mol. The van der Waals surface area contributed by atoms with Crippen molar-refractivity contribution < 1.29 is 26.5 Å². The number of ether oxygens (including phenoxy) is 1. The molecule has 36 heavy (non-hydrogen) atoms. The Morgan fingerprint density at radius 1 is 0.972 bits per heavy atom. The predicted molar refractivity (Wildman–Crippen MR) is 126 cm³/mol. The molecule has 0 bridgehead atoms. The number of aromatic nitrogens is 3. The Hall–Kier alpha value is -4.06. The fourth-order valence-corrected chi connectivity index (χ4v) is 4.14. The first-order chi connectivity index (χ1) is 17.1. The van der Waals surface area contributed by atoms with Crippen molar-refractivity contribution in [3.8, 4) is 17.1 Å². The molecule has 12 heteroatoms. The summed E-state index contributed by atoms with van der Waals surface area (Å²) in [6.07, 6.45) is 2.59. The summed E-state index contributed by atoms with van der Waals surface area (Å²) in [4.78, 5) is 12.5. The lowest BCUT2D eigenvalue weighted by Crippen LogP contribution is -2.04. The van der Waals surface area contributed by atoms with Crippen LogP contribution < -0.4 is 10.1 Å². The van der Waals surface area contributed by atoms with E-state index in [1.165, 1.54) is 24.7 Å². The third kappa shape index (κ3) is 6.33. The lowest BCUT2D eigenvalue weighted by molar-refractivity contribution is 0.303. The van der Waals surface area contributed by atoms with Gasteiger partial charge in [0.2, 0.25) is 5.95 Å². The summed E-state index contributed by atoms with van der Waals surface area (Å²) in [5, 5.41) is 3.00. The third-order valence-corrected chi connectivity index (χ3v) is 5.70. The highest BCUT2D eigenvalue weighted by Gasteiger charge is 2.15. The number of hydrogen-bond donors (Lipinski definition) is 2. The maximum absolute atomic E-state index is 13.9. The molecule has 7 nitrogen and oxygen atoms in total. The monoisotopic (exact) mass is 517 g/mol. The van der Waals surface area contributed by atoms with E-state index in [9.17, 15) is 21.8 Å². The zero-order valence-corrected chi connectivity index (χ0v) is 19.6. The van der Waals surface area contributed by atoms with Crippen molar-refractivity contribution in [2.75, 3.05) is 11.6 Å². The van der Waals surface area contributed by atoms with Crippen LogP contribution >= 0.6 is 0 Å². The average Bonchev–Trinajstić information content (AvgIpc) is 2.80. The van der Waals surface area contributed by atoms with Crippen molar-refractivity contribution in [2.45, 2.75) is 12.4 Å². The molecule has 0 saturated carbocycles. The van der Waals surface area contributed by atoms with Gasteiger partial charge >= 0.3 is 0 Å². The molecule has 1 unspecified atom stereocenters. The van der Waals surface area contributed by atoms with Crippen LogP contribution in [0.4, 0.5) is 29.2 Å². The Labute approximate surface area is 204 Å². The molecule has 0 saturated heterocycles. The van der Waals surface area contributed by atoms with Crippen LogP contribution in [0.3, 0.4) is 0 Å². The van der Waals surface area contributed by atoms with Gasteiger partial charge in [0.1, 0.15) is 24.5 Å². The normalized spacial score (nSPS) is 12.7. The molecular weight excluding hydrogens is 498 g/mol. The van der Waals surface area contributed by atoms with Gasteiger partial charge in [-0.1, -0.05) is 12.1 Å². The van der Waals surface area contributed by atoms with Crippen molar-refractivity contribution in [1.82, 2.24) is 15.0 Å². The molecule has 0 aliphatic carbocycles. The Kier molecular flexibility index (Phi) is 7.15. The lowest BCUT2D eigenvalue weighted by atomic mass is 10.1. The molecule has 1 atom stereocenters. The SMILES string of the molecule is CS(=N)(=O)Cc1cccc(Nc2ncnc(-c3ccc(F)cc3OCc3cc(F)c(F)c(F)c3)n2)c1. The third-order valence-electron chi connectivity index (χ3n) is 4.82. The van der Waals surface area contributed by atoms with E-state index in [4.69, 9.17) is 9.52 Å². The van der Waals surface area contributed by atoms with Gasteiger partial charge in [0.05, 0.1) is 11.3 Å². The van der Waals surface area contributed by atoms with Crippen molar-refractivity contribution in [2.24, 2.45) is 0 Å². The van der Waals surface area contributed by atoms with Crippen molar-refractivity contribution in [3.05, 3.63) is 95.3 Å². The van der Waals surface area contributed by atoms with Crippen LogP contribution in [0.1, 0.15) is 11.1 Å². The van der Waals surface area contributed by atoms with Gasteiger partial charge in [-0.3, -0.25) is 4.78 Å². The molecule has 0 spiro atoms. The number of rotatable bonds is 8. The Morgan fingerprint density at radius 2 is 1.72 bits per heavy atom.